The zero-order valence-electron chi connectivity index (χ0n) is 23.9. The van der Waals surface area contributed by atoms with Gasteiger partial charge in [-0.1, -0.05) is 11.6 Å². The van der Waals surface area contributed by atoms with Crippen molar-refractivity contribution in [3.63, 3.8) is 0 Å². The Labute approximate surface area is 256 Å². The molecule has 0 saturated heterocycles. The van der Waals surface area contributed by atoms with Crippen LogP contribution in [0.15, 0.2) is 60.9 Å². The number of fused-ring (bicyclic) bond motifs is 1. The van der Waals surface area contributed by atoms with Gasteiger partial charge in [-0.25, -0.2) is 14.8 Å². The zero-order valence-corrected chi connectivity index (χ0v) is 24.6. The quantitative estimate of drug-likeness (QED) is 0.137. The molecule has 0 radical (unpaired) electrons. The fourth-order valence-electron chi connectivity index (χ4n) is 3.90. The van der Waals surface area contributed by atoms with Gasteiger partial charge < -0.3 is 34.3 Å². The summed E-state index contributed by atoms with van der Waals surface area (Å²) in [5.41, 5.74) is -0.183. The molecule has 234 valence electrons. The van der Waals surface area contributed by atoms with E-state index in [4.69, 9.17) is 35.3 Å². The number of urea groups is 1. The number of nitrogens with zero attached hydrogens (tertiary/aromatic N) is 2. The van der Waals surface area contributed by atoms with Gasteiger partial charge in [-0.05, 0) is 55.5 Å². The Morgan fingerprint density at radius 1 is 0.886 bits per heavy atom. The van der Waals surface area contributed by atoms with E-state index in [0.29, 0.717) is 73.3 Å². The van der Waals surface area contributed by atoms with Crippen molar-refractivity contribution in [2.45, 2.75) is 19.5 Å². The topological polar surface area (TPSA) is 113 Å². The molecule has 1 aromatic heterocycles. The average Bonchev–Trinajstić information content (AvgIpc) is 2.99. The number of hydrogen-bond acceptors (Lipinski definition) is 8. The first-order chi connectivity index (χ1) is 21.2. The standard InChI is InChI=1S/C30H30ClF3N4O6/c1-3-41-11-4-12-42-27-17-25-22(16-26(27)43-14-13-40-2)28(36-18-35-25)44-21-8-5-19(6-9-21)37-29(39)38-20-7-10-24(31)23(15-20)30(32,33)34/h5-10,15-18H,3-4,11-14H2,1-2H3,(H2,37,38,39). The minimum Gasteiger partial charge on any atom is -0.490 e. The number of aromatic nitrogens is 2. The first-order valence-corrected chi connectivity index (χ1v) is 13.9. The smallest absolute Gasteiger partial charge is 0.417 e. The monoisotopic (exact) mass is 634 g/mol. The number of rotatable bonds is 14. The molecule has 0 saturated carbocycles. The van der Waals surface area contributed by atoms with Crippen LogP contribution >= 0.6 is 11.6 Å². The molecule has 0 aliphatic rings. The molecular formula is C30H30ClF3N4O6. The highest BCUT2D eigenvalue weighted by molar-refractivity contribution is 6.31. The number of amides is 2. The molecule has 0 aliphatic carbocycles. The van der Waals surface area contributed by atoms with Gasteiger partial charge in [0.25, 0.3) is 0 Å². The summed E-state index contributed by atoms with van der Waals surface area (Å²) in [5, 5.41) is 5.03. The van der Waals surface area contributed by atoms with Gasteiger partial charge in [0.1, 0.15) is 18.7 Å². The van der Waals surface area contributed by atoms with Crippen molar-refractivity contribution in [2.75, 3.05) is 50.8 Å². The number of alkyl halides is 3. The Balaban J connectivity index is 1.45. The first-order valence-electron chi connectivity index (χ1n) is 13.5. The van der Waals surface area contributed by atoms with E-state index in [0.717, 1.165) is 12.1 Å². The van der Waals surface area contributed by atoms with Crippen molar-refractivity contribution in [3.8, 4) is 23.1 Å². The molecule has 0 aliphatic heterocycles. The number of halogens is 4. The second kappa shape index (κ2) is 15.4. The van der Waals surface area contributed by atoms with E-state index in [1.807, 2.05) is 6.92 Å². The third-order valence-electron chi connectivity index (χ3n) is 5.96. The molecule has 0 fully saturated rings. The Kier molecular flexibility index (Phi) is 11.4. The van der Waals surface area contributed by atoms with E-state index in [9.17, 15) is 18.0 Å². The Morgan fingerprint density at radius 2 is 1.59 bits per heavy atom. The first kappa shape index (κ1) is 32.6. The number of ether oxygens (including phenoxy) is 5. The predicted octanol–water partition coefficient (Wildman–Crippen LogP) is 7.57. The van der Waals surface area contributed by atoms with E-state index in [-0.39, 0.29) is 11.6 Å². The van der Waals surface area contributed by atoms with Gasteiger partial charge >= 0.3 is 12.2 Å². The Bertz CT molecular complexity index is 1560. The van der Waals surface area contributed by atoms with E-state index in [1.165, 1.54) is 12.4 Å². The molecular weight excluding hydrogens is 605 g/mol. The largest absolute Gasteiger partial charge is 0.490 e. The third kappa shape index (κ3) is 9.09. The van der Waals surface area contributed by atoms with Crippen LogP contribution in [0.1, 0.15) is 18.9 Å². The summed E-state index contributed by atoms with van der Waals surface area (Å²) in [7, 11) is 1.58. The van der Waals surface area contributed by atoms with Crippen LogP contribution in [0.3, 0.4) is 0 Å². The molecule has 4 aromatic rings. The van der Waals surface area contributed by atoms with Crippen molar-refractivity contribution < 1.29 is 41.7 Å². The van der Waals surface area contributed by atoms with Crippen LogP contribution in [-0.2, 0) is 15.7 Å². The minimum atomic E-state index is -4.66. The summed E-state index contributed by atoms with van der Waals surface area (Å²) in [6.07, 6.45) is -2.59. The fraction of sp³-hybridized carbons (Fsp3) is 0.300. The molecule has 0 atom stereocenters. The summed E-state index contributed by atoms with van der Waals surface area (Å²) >= 11 is 5.64. The van der Waals surface area contributed by atoms with Crippen LogP contribution in [-0.4, -0.2) is 56.1 Å². The van der Waals surface area contributed by atoms with Gasteiger partial charge in [-0.2, -0.15) is 13.2 Å². The average molecular weight is 635 g/mol. The molecule has 2 N–H and O–H groups in total. The second-order valence-electron chi connectivity index (χ2n) is 9.13. The van der Waals surface area contributed by atoms with Crippen LogP contribution in [0.25, 0.3) is 10.9 Å². The normalized spacial score (nSPS) is 11.3. The third-order valence-corrected chi connectivity index (χ3v) is 6.29. The molecule has 14 heteroatoms. The van der Waals surface area contributed by atoms with Gasteiger partial charge in [0.15, 0.2) is 11.5 Å². The number of carbonyl (C=O) groups is 1. The lowest BCUT2D eigenvalue weighted by molar-refractivity contribution is -0.137. The summed E-state index contributed by atoms with van der Waals surface area (Å²) in [4.78, 5) is 21.0. The minimum absolute atomic E-state index is 0.0699. The SMILES string of the molecule is CCOCCCOc1cc2ncnc(Oc3ccc(NC(=O)Nc4ccc(Cl)c(C(F)(F)F)c4)cc3)c2cc1OCCOC. The van der Waals surface area contributed by atoms with Gasteiger partial charge in [0.05, 0.1) is 34.7 Å². The molecule has 1 heterocycles. The lowest BCUT2D eigenvalue weighted by Gasteiger charge is -2.15. The fourth-order valence-corrected chi connectivity index (χ4v) is 4.13. The molecule has 44 heavy (non-hydrogen) atoms. The highest BCUT2D eigenvalue weighted by atomic mass is 35.5. The summed E-state index contributed by atoms with van der Waals surface area (Å²) < 4.78 is 67.7. The molecule has 0 unspecified atom stereocenters. The van der Waals surface area contributed by atoms with E-state index < -0.39 is 22.8 Å². The molecule has 4 rings (SSSR count). The van der Waals surface area contributed by atoms with Crippen molar-refractivity contribution in [1.29, 1.82) is 0 Å². The lowest BCUT2D eigenvalue weighted by Crippen LogP contribution is -2.19. The Morgan fingerprint density at radius 3 is 2.32 bits per heavy atom. The molecule has 0 spiro atoms. The van der Waals surface area contributed by atoms with Crippen LogP contribution in [0.4, 0.5) is 29.3 Å². The number of hydrogen-bond donors (Lipinski definition) is 2. The number of benzene rings is 3. The zero-order chi connectivity index (χ0) is 31.5. The van der Waals surface area contributed by atoms with E-state index in [2.05, 4.69) is 20.6 Å². The van der Waals surface area contributed by atoms with Gasteiger partial charge in [0.2, 0.25) is 5.88 Å². The summed E-state index contributed by atoms with van der Waals surface area (Å²) in [6, 6.07) is 12.2. The number of methoxy groups -OCH3 is 1. The van der Waals surface area contributed by atoms with Crippen molar-refractivity contribution >= 4 is 39.9 Å². The van der Waals surface area contributed by atoms with E-state index in [1.54, 1.807) is 43.5 Å². The highest BCUT2D eigenvalue weighted by Crippen LogP contribution is 2.37. The number of nitrogens with one attached hydrogen (secondary N) is 2. The van der Waals surface area contributed by atoms with Crippen LogP contribution in [0, 0.1) is 0 Å². The summed E-state index contributed by atoms with van der Waals surface area (Å²) in [5.74, 6) is 1.65. The number of carbonyl (C=O) groups excluding carboxylic acids is 1. The molecule has 0 bridgehead atoms. The van der Waals surface area contributed by atoms with Crippen molar-refractivity contribution in [2.24, 2.45) is 0 Å². The molecule has 3 aromatic carbocycles. The second-order valence-corrected chi connectivity index (χ2v) is 9.54. The maximum atomic E-state index is 13.1. The predicted molar refractivity (Wildman–Crippen MR) is 159 cm³/mol. The van der Waals surface area contributed by atoms with E-state index >= 15 is 0 Å². The molecule has 2 amide bonds. The van der Waals surface area contributed by atoms with Gasteiger partial charge in [0, 0.05) is 44.2 Å². The maximum absolute atomic E-state index is 13.1. The van der Waals surface area contributed by atoms with Crippen LogP contribution < -0.4 is 24.8 Å². The van der Waals surface area contributed by atoms with Gasteiger partial charge in [-0.15, -0.1) is 0 Å². The Hall–Kier alpha value is -4.33. The van der Waals surface area contributed by atoms with Gasteiger partial charge in [-0.3, -0.25) is 0 Å². The van der Waals surface area contributed by atoms with Crippen molar-refractivity contribution in [3.05, 3.63) is 71.5 Å². The van der Waals surface area contributed by atoms with Crippen LogP contribution in [0.2, 0.25) is 5.02 Å². The maximum Gasteiger partial charge on any atom is 0.417 e. The summed E-state index contributed by atoms with van der Waals surface area (Å²) in [6.45, 7) is 4.24. The van der Waals surface area contributed by atoms with Crippen molar-refractivity contribution in [1.82, 2.24) is 9.97 Å². The highest BCUT2D eigenvalue weighted by Gasteiger charge is 2.33. The number of anilines is 2. The molecule has 10 nitrogen and oxygen atoms in total. The van der Waals surface area contributed by atoms with Crippen LogP contribution in [0.5, 0.6) is 23.1 Å². The lowest BCUT2D eigenvalue weighted by atomic mass is 10.2.